The number of fused-ring (bicyclic) bond motifs is 1. The SMILES string of the molecule is C[C@@H]1c2c(ccc(Br)c2F)C(=O)N1C(CCC(=O)O)C(N)=O. The highest BCUT2D eigenvalue weighted by molar-refractivity contribution is 9.10. The average Bonchev–Trinajstić information content (AvgIpc) is 2.67. The van der Waals surface area contributed by atoms with Crippen molar-refractivity contribution in [3.05, 3.63) is 33.5 Å². The number of hydrogen-bond acceptors (Lipinski definition) is 3. The van der Waals surface area contributed by atoms with Gasteiger partial charge in [-0.25, -0.2) is 4.39 Å². The van der Waals surface area contributed by atoms with Crippen LogP contribution in [0, 0.1) is 5.82 Å². The number of nitrogens with zero attached hydrogens (tertiary/aromatic N) is 1. The minimum atomic E-state index is -1.10. The zero-order valence-corrected chi connectivity index (χ0v) is 13.3. The molecule has 1 unspecified atom stereocenters. The van der Waals surface area contributed by atoms with Crippen molar-refractivity contribution in [3.8, 4) is 0 Å². The summed E-state index contributed by atoms with van der Waals surface area (Å²) in [6.45, 7) is 1.58. The normalized spacial score (nSPS) is 18.2. The Morgan fingerprint density at radius 1 is 1.50 bits per heavy atom. The second kappa shape index (κ2) is 6.04. The van der Waals surface area contributed by atoms with Crippen molar-refractivity contribution in [1.82, 2.24) is 4.90 Å². The molecule has 1 aliphatic heterocycles. The number of carbonyl (C=O) groups excluding carboxylic acids is 2. The highest BCUT2D eigenvalue weighted by Crippen LogP contribution is 2.39. The molecule has 2 amide bonds. The molecule has 22 heavy (non-hydrogen) atoms. The first-order valence-electron chi connectivity index (χ1n) is 6.57. The Kier molecular flexibility index (Phi) is 4.50. The van der Waals surface area contributed by atoms with Crippen LogP contribution in [-0.2, 0) is 9.59 Å². The molecule has 0 bridgehead atoms. The third kappa shape index (κ3) is 2.70. The summed E-state index contributed by atoms with van der Waals surface area (Å²) in [6, 6.07) is 1.09. The number of halogens is 2. The van der Waals surface area contributed by atoms with Gasteiger partial charge in [0.05, 0.1) is 10.5 Å². The molecule has 2 rings (SSSR count). The number of rotatable bonds is 5. The number of aliphatic carboxylic acids is 1. The molecule has 6 nitrogen and oxygen atoms in total. The number of carbonyl (C=O) groups is 3. The van der Waals surface area contributed by atoms with Gasteiger partial charge in [0.2, 0.25) is 5.91 Å². The summed E-state index contributed by atoms with van der Waals surface area (Å²) in [5, 5.41) is 8.75. The van der Waals surface area contributed by atoms with Crippen LogP contribution in [0.25, 0.3) is 0 Å². The second-order valence-corrected chi connectivity index (χ2v) is 5.92. The van der Waals surface area contributed by atoms with Crippen LogP contribution < -0.4 is 5.73 Å². The molecule has 1 heterocycles. The maximum Gasteiger partial charge on any atom is 0.303 e. The first kappa shape index (κ1) is 16.4. The lowest BCUT2D eigenvalue weighted by Crippen LogP contribution is -2.46. The molecule has 118 valence electrons. The molecule has 0 spiro atoms. The van der Waals surface area contributed by atoms with Crippen LogP contribution in [0.3, 0.4) is 0 Å². The van der Waals surface area contributed by atoms with Gasteiger partial charge in [-0.2, -0.15) is 0 Å². The van der Waals surface area contributed by atoms with Gasteiger partial charge < -0.3 is 15.7 Å². The van der Waals surface area contributed by atoms with E-state index < -0.39 is 35.7 Å². The van der Waals surface area contributed by atoms with E-state index in [-0.39, 0.29) is 28.4 Å². The Bertz CT molecular complexity index is 664. The fraction of sp³-hybridized carbons (Fsp3) is 0.357. The zero-order valence-electron chi connectivity index (χ0n) is 11.7. The molecule has 0 radical (unpaired) electrons. The standard InChI is InChI=1S/C14H14BrFN2O4/c1-6-11-7(2-3-8(15)12(11)16)14(22)18(6)9(13(17)21)4-5-10(19)20/h2-3,6,9H,4-5H2,1H3,(H2,17,21)(H,19,20)/t6-,9?/m1/s1. The molecule has 3 N–H and O–H groups in total. The van der Waals surface area contributed by atoms with Gasteiger partial charge >= 0.3 is 5.97 Å². The van der Waals surface area contributed by atoms with Gasteiger partial charge in [-0.15, -0.1) is 0 Å². The van der Waals surface area contributed by atoms with Crippen molar-refractivity contribution in [1.29, 1.82) is 0 Å². The maximum absolute atomic E-state index is 14.2. The van der Waals surface area contributed by atoms with E-state index in [2.05, 4.69) is 15.9 Å². The zero-order chi connectivity index (χ0) is 16.6. The number of amides is 2. The number of hydrogen-bond donors (Lipinski definition) is 2. The highest BCUT2D eigenvalue weighted by atomic mass is 79.9. The molecule has 0 aliphatic carbocycles. The summed E-state index contributed by atoms with van der Waals surface area (Å²) in [7, 11) is 0. The first-order chi connectivity index (χ1) is 10.3. The van der Waals surface area contributed by atoms with Gasteiger partial charge in [-0.3, -0.25) is 14.4 Å². The summed E-state index contributed by atoms with van der Waals surface area (Å²) in [5.74, 6) is -3.00. The van der Waals surface area contributed by atoms with Crippen molar-refractivity contribution in [3.63, 3.8) is 0 Å². The minimum Gasteiger partial charge on any atom is -0.481 e. The molecule has 1 aromatic rings. The highest BCUT2D eigenvalue weighted by Gasteiger charge is 2.42. The molecule has 0 aromatic heterocycles. The predicted octanol–water partition coefficient (Wildman–Crippen LogP) is 1.82. The van der Waals surface area contributed by atoms with E-state index in [9.17, 15) is 18.8 Å². The number of benzene rings is 1. The smallest absolute Gasteiger partial charge is 0.303 e. The Labute approximate surface area is 134 Å². The number of primary amides is 1. The van der Waals surface area contributed by atoms with E-state index in [0.29, 0.717) is 0 Å². The van der Waals surface area contributed by atoms with Crippen LogP contribution in [0.4, 0.5) is 4.39 Å². The van der Waals surface area contributed by atoms with Crippen molar-refractivity contribution >= 4 is 33.7 Å². The van der Waals surface area contributed by atoms with Crippen LogP contribution in [0.5, 0.6) is 0 Å². The summed E-state index contributed by atoms with van der Waals surface area (Å²) < 4.78 is 14.5. The van der Waals surface area contributed by atoms with Gasteiger partial charge in [0.25, 0.3) is 5.91 Å². The van der Waals surface area contributed by atoms with Gasteiger partial charge in [-0.1, -0.05) is 0 Å². The first-order valence-corrected chi connectivity index (χ1v) is 7.36. The summed E-state index contributed by atoms with van der Waals surface area (Å²) in [4.78, 5) is 35.9. The van der Waals surface area contributed by atoms with E-state index in [4.69, 9.17) is 10.8 Å². The third-order valence-corrected chi connectivity index (χ3v) is 4.34. The Morgan fingerprint density at radius 3 is 2.68 bits per heavy atom. The van der Waals surface area contributed by atoms with Crippen LogP contribution in [0.15, 0.2) is 16.6 Å². The lowest BCUT2D eigenvalue weighted by atomic mass is 10.0. The quantitative estimate of drug-likeness (QED) is 0.822. The van der Waals surface area contributed by atoms with Crippen molar-refractivity contribution < 1.29 is 23.9 Å². The lowest BCUT2D eigenvalue weighted by molar-refractivity contribution is -0.137. The Hall–Kier alpha value is -1.96. The number of carboxylic acids is 1. The molecule has 0 saturated heterocycles. The third-order valence-electron chi connectivity index (χ3n) is 3.73. The van der Waals surface area contributed by atoms with E-state index in [0.717, 1.165) is 4.90 Å². The van der Waals surface area contributed by atoms with Crippen LogP contribution >= 0.6 is 15.9 Å². The maximum atomic E-state index is 14.2. The number of nitrogens with two attached hydrogens (primary N) is 1. The summed E-state index contributed by atoms with van der Waals surface area (Å²) in [6.07, 6.45) is -0.426. The Morgan fingerprint density at radius 2 is 2.14 bits per heavy atom. The van der Waals surface area contributed by atoms with Gasteiger partial charge in [0.1, 0.15) is 11.9 Å². The van der Waals surface area contributed by atoms with Crippen LogP contribution in [0.2, 0.25) is 0 Å². The van der Waals surface area contributed by atoms with Crippen molar-refractivity contribution in [2.45, 2.75) is 31.8 Å². The van der Waals surface area contributed by atoms with Gasteiger partial charge in [0, 0.05) is 17.5 Å². The Balaban J connectivity index is 2.40. The van der Waals surface area contributed by atoms with Crippen molar-refractivity contribution in [2.24, 2.45) is 5.73 Å². The molecule has 1 aliphatic rings. The minimum absolute atomic E-state index is 0.114. The molecule has 0 saturated carbocycles. The van der Waals surface area contributed by atoms with Gasteiger partial charge in [-0.05, 0) is 41.4 Å². The van der Waals surface area contributed by atoms with Crippen LogP contribution in [-0.4, -0.2) is 33.8 Å². The topological polar surface area (TPSA) is 101 Å². The van der Waals surface area contributed by atoms with E-state index in [1.165, 1.54) is 12.1 Å². The molecular formula is C14H14BrFN2O4. The fourth-order valence-corrected chi connectivity index (χ4v) is 3.05. The molecule has 8 heteroatoms. The van der Waals surface area contributed by atoms with E-state index in [1.54, 1.807) is 6.92 Å². The van der Waals surface area contributed by atoms with Crippen LogP contribution in [0.1, 0.15) is 41.7 Å². The second-order valence-electron chi connectivity index (χ2n) is 5.06. The molecule has 2 atom stereocenters. The summed E-state index contributed by atoms with van der Waals surface area (Å²) in [5.41, 5.74) is 5.64. The predicted molar refractivity (Wildman–Crippen MR) is 78.5 cm³/mol. The molecule has 1 aromatic carbocycles. The number of carboxylic acid groups (broad SMARTS) is 1. The largest absolute Gasteiger partial charge is 0.481 e. The van der Waals surface area contributed by atoms with E-state index in [1.807, 2.05) is 0 Å². The monoisotopic (exact) mass is 372 g/mol. The fourth-order valence-electron chi connectivity index (χ4n) is 2.71. The summed E-state index contributed by atoms with van der Waals surface area (Å²) >= 11 is 3.06. The average molecular weight is 373 g/mol. The van der Waals surface area contributed by atoms with Crippen molar-refractivity contribution in [2.75, 3.05) is 0 Å². The molecular weight excluding hydrogens is 359 g/mol. The van der Waals surface area contributed by atoms with E-state index >= 15 is 0 Å². The molecule has 0 fully saturated rings. The van der Waals surface area contributed by atoms with Gasteiger partial charge in [0.15, 0.2) is 0 Å². The lowest BCUT2D eigenvalue weighted by Gasteiger charge is -2.29.